The van der Waals surface area contributed by atoms with Crippen LogP contribution >= 0.6 is 0 Å². The fourth-order valence-corrected chi connectivity index (χ4v) is 4.63. The van der Waals surface area contributed by atoms with Crippen molar-refractivity contribution in [1.29, 1.82) is 0 Å². The SMILES string of the molecule is O=C(COc1coc(CN2CCN(Cc3ccccc3)CC2)cc1=O)NC1CCCCCC1. The number of hydrogen-bond acceptors (Lipinski definition) is 6. The van der Waals surface area contributed by atoms with Gasteiger partial charge < -0.3 is 14.5 Å². The van der Waals surface area contributed by atoms with Crippen LogP contribution in [0, 0.1) is 0 Å². The van der Waals surface area contributed by atoms with Gasteiger partial charge in [0.2, 0.25) is 11.2 Å². The van der Waals surface area contributed by atoms with Crippen molar-refractivity contribution < 1.29 is 13.9 Å². The molecular weight excluding hydrogens is 418 g/mol. The van der Waals surface area contributed by atoms with E-state index in [0.717, 1.165) is 58.4 Å². The molecule has 2 aliphatic rings. The summed E-state index contributed by atoms with van der Waals surface area (Å²) in [5, 5.41) is 3.03. The van der Waals surface area contributed by atoms with E-state index in [-0.39, 0.29) is 29.7 Å². The van der Waals surface area contributed by atoms with Crippen molar-refractivity contribution in [3.8, 4) is 5.75 Å². The molecule has 0 radical (unpaired) electrons. The highest BCUT2D eigenvalue weighted by Gasteiger charge is 2.19. The second kappa shape index (κ2) is 12.0. The van der Waals surface area contributed by atoms with Crippen LogP contribution in [-0.4, -0.2) is 54.5 Å². The van der Waals surface area contributed by atoms with Crippen molar-refractivity contribution in [2.45, 2.75) is 57.7 Å². The molecule has 0 bridgehead atoms. The zero-order valence-electron chi connectivity index (χ0n) is 19.3. The minimum atomic E-state index is -0.249. The summed E-state index contributed by atoms with van der Waals surface area (Å²) < 4.78 is 11.1. The molecule has 7 heteroatoms. The van der Waals surface area contributed by atoms with E-state index in [1.807, 2.05) is 6.07 Å². The van der Waals surface area contributed by atoms with E-state index in [0.29, 0.717) is 12.3 Å². The molecule has 2 heterocycles. The third-order valence-corrected chi connectivity index (χ3v) is 6.52. The molecule has 2 fully saturated rings. The summed E-state index contributed by atoms with van der Waals surface area (Å²) >= 11 is 0. The summed E-state index contributed by atoms with van der Waals surface area (Å²) in [5.74, 6) is 0.521. The van der Waals surface area contributed by atoms with E-state index < -0.39 is 0 Å². The van der Waals surface area contributed by atoms with Crippen LogP contribution in [0.4, 0.5) is 0 Å². The standard InChI is InChI=1S/C26H35N3O4/c30-24-16-23(18-29-14-12-28(13-15-29)17-21-8-4-3-5-9-21)32-19-25(24)33-20-26(31)27-22-10-6-1-2-7-11-22/h3-5,8-9,16,19,22H,1-2,6-7,10-15,17-18,20H2,(H,27,31). The Morgan fingerprint density at radius 1 is 0.970 bits per heavy atom. The maximum Gasteiger partial charge on any atom is 0.258 e. The highest BCUT2D eigenvalue weighted by molar-refractivity contribution is 5.77. The molecule has 7 nitrogen and oxygen atoms in total. The molecule has 1 aromatic carbocycles. The lowest BCUT2D eigenvalue weighted by molar-refractivity contribution is -0.123. The van der Waals surface area contributed by atoms with Crippen LogP contribution in [0.1, 0.15) is 49.8 Å². The van der Waals surface area contributed by atoms with Crippen LogP contribution < -0.4 is 15.5 Å². The normalized spacial score (nSPS) is 18.5. The molecule has 1 saturated heterocycles. The molecule has 4 rings (SSSR count). The van der Waals surface area contributed by atoms with Gasteiger partial charge in [0.05, 0.1) is 6.54 Å². The van der Waals surface area contributed by atoms with Gasteiger partial charge >= 0.3 is 0 Å². The lowest BCUT2D eigenvalue weighted by Crippen LogP contribution is -2.45. The van der Waals surface area contributed by atoms with Gasteiger partial charge in [-0.2, -0.15) is 0 Å². The number of benzene rings is 1. The molecule has 1 saturated carbocycles. The zero-order valence-corrected chi connectivity index (χ0v) is 19.3. The number of carbonyl (C=O) groups is 1. The van der Waals surface area contributed by atoms with Gasteiger partial charge in [0, 0.05) is 44.8 Å². The molecule has 1 aromatic heterocycles. The number of rotatable bonds is 8. The Balaban J connectivity index is 1.20. The Labute approximate surface area is 195 Å². The maximum absolute atomic E-state index is 12.4. The van der Waals surface area contributed by atoms with E-state index in [4.69, 9.17) is 9.15 Å². The van der Waals surface area contributed by atoms with Gasteiger partial charge in [-0.3, -0.25) is 19.4 Å². The average Bonchev–Trinajstić information content (AvgIpc) is 3.09. The third kappa shape index (κ3) is 7.44. The maximum atomic E-state index is 12.4. The molecule has 178 valence electrons. The van der Waals surface area contributed by atoms with Crippen molar-refractivity contribution in [1.82, 2.24) is 15.1 Å². The number of carbonyl (C=O) groups excluding carboxylic acids is 1. The highest BCUT2D eigenvalue weighted by atomic mass is 16.5. The van der Waals surface area contributed by atoms with Gasteiger partial charge in [0.25, 0.3) is 5.91 Å². The number of amides is 1. The Bertz CT molecular complexity index is 930. The number of piperazine rings is 1. The number of nitrogens with one attached hydrogen (secondary N) is 1. The fourth-order valence-electron chi connectivity index (χ4n) is 4.63. The van der Waals surface area contributed by atoms with E-state index in [9.17, 15) is 9.59 Å². The number of hydrogen-bond donors (Lipinski definition) is 1. The van der Waals surface area contributed by atoms with Crippen molar-refractivity contribution in [3.05, 3.63) is 64.2 Å². The fraction of sp³-hybridized carbons (Fsp3) is 0.538. The first kappa shape index (κ1) is 23.5. The van der Waals surface area contributed by atoms with Gasteiger partial charge in [0.15, 0.2) is 6.61 Å². The Hall–Kier alpha value is -2.64. The second-order valence-electron chi connectivity index (χ2n) is 9.16. The largest absolute Gasteiger partial charge is 0.477 e. The third-order valence-electron chi connectivity index (χ3n) is 6.52. The predicted molar refractivity (Wildman–Crippen MR) is 127 cm³/mol. The molecule has 2 aromatic rings. The first-order valence-electron chi connectivity index (χ1n) is 12.2. The summed E-state index contributed by atoms with van der Waals surface area (Å²) in [6.45, 7) is 5.21. The van der Waals surface area contributed by atoms with E-state index >= 15 is 0 Å². The minimum Gasteiger partial charge on any atom is -0.477 e. The van der Waals surface area contributed by atoms with Crippen molar-refractivity contribution in [2.24, 2.45) is 0 Å². The van der Waals surface area contributed by atoms with Crippen LogP contribution in [0.5, 0.6) is 5.75 Å². The van der Waals surface area contributed by atoms with E-state index in [1.54, 1.807) is 0 Å². The van der Waals surface area contributed by atoms with Crippen LogP contribution in [0.15, 0.2) is 51.9 Å². The molecule has 0 unspecified atom stereocenters. The Morgan fingerprint density at radius 2 is 1.64 bits per heavy atom. The van der Waals surface area contributed by atoms with Crippen molar-refractivity contribution in [3.63, 3.8) is 0 Å². The molecule has 0 spiro atoms. The Morgan fingerprint density at radius 3 is 2.30 bits per heavy atom. The lowest BCUT2D eigenvalue weighted by Gasteiger charge is -2.34. The quantitative estimate of drug-likeness (QED) is 0.619. The molecule has 1 amide bonds. The van der Waals surface area contributed by atoms with Crippen molar-refractivity contribution >= 4 is 5.91 Å². The second-order valence-corrected chi connectivity index (χ2v) is 9.16. The molecule has 1 N–H and O–H groups in total. The molecule has 0 atom stereocenters. The lowest BCUT2D eigenvalue weighted by atomic mass is 10.1. The van der Waals surface area contributed by atoms with Crippen LogP contribution in [0.25, 0.3) is 0 Å². The van der Waals surface area contributed by atoms with Gasteiger partial charge in [-0.15, -0.1) is 0 Å². The minimum absolute atomic E-state index is 0.0856. The van der Waals surface area contributed by atoms with Crippen LogP contribution in [0.3, 0.4) is 0 Å². The highest BCUT2D eigenvalue weighted by Crippen LogP contribution is 2.17. The summed E-state index contributed by atoms with van der Waals surface area (Å²) in [4.78, 5) is 29.4. The first-order chi connectivity index (χ1) is 16.2. The summed E-state index contributed by atoms with van der Waals surface area (Å²) in [7, 11) is 0. The number of ether oxygens (including phenoxy) is 1. The van der Waals surface area contributed by atoms with E-state index in [1.165, 1.54) is 30.7 Å². The topological polar surface area (TPSA) is 75.0 Å². The average molecular weight is 454 g/mol. The predicted octanol–water partition coefficient (Wildman–Crippen LogP) is 3.18. The van der Waals surface area contributed by atoms with Gasteiger partial charge in [0.1, 0.15) is 12.0 Å². The molecule has 1 aliphatic heterocycles. The molecule has 33 heavy (non-hydrogen) atoms. The van der Waals surface area contributed by atoms with Crippen LogP contribution in [0.2, 0.25) is 0 Å². The smallest absolute Gasteiger partial charge is 0.258 e. The zero-order chi connectivity index (χ0) is 22.9. The van der Waals surface area contributed by atoms with Crippen LogP contribution in [-0.2, 0) is 17.9 Å². The van der Waals surface area contributed by atoms with E-state index in [2.05, 4.69) is 39.4 Å². The summed E-state index contributed by atoms with van der Waals surface area (Å²) in [5.41, 5.74) is 1.08. The van der Waals surface area contributed by atoms with Gasteiger partial charge in [-0.1, -0.05) is 56.0 Å². The Kier molecular flexibility index (Phi) is 8.55. The number of nitrogens with zero attached hydrogens (tertiary/aromatic N) is 2. The molecule has 1 aliphatic carbocycles. The first-order valence-corrected chi connectivity index (χ1v) is 12.2. The summed E-state index contributed by atoms with van der Waals surface area (Å²) in [6, 6.07) is 12.2. The van der Waals surface area contributed by atoms with Crippen molar-refractivity contribution in [2.75, 3.05) is 32.8 Å². The monoisotopic (exact) mass is 453 g/mol. The molecular formula is C26H35N3O4. The van der Waals surface area contributed by atoms with Gasteiger partial charge in [-0.05, 0) is 18.4 Å². The van der Waals surface area contributed by atoms with Gasteiger partial charge in [-0.25, -0.2) is 0 Å². The summed E-state index contributed by atoms with van der Waals surface area (Å²) in [6.07, 6.45) is 8.14.